The van der Waals surface area contributed by atoms with Crippen molar-refractivity contribution in [2.45, 2.75) is 18.8 Å². The number of aliphatic hydroxyl groups excluding tert-OH is 2. The van der Waals surface area contributed by atoms with Crippen molar-refractivity contribution < 1.29 is 29.3 Å². The summed E-state index contributed by atoms with van der Waals surface area (Å²) in [6, 6.07) is 2.87. The average Bonchev–Trinajstić information content (AvgIpc) is 2.32. The van der Waals surface area contributed by atoms with Gasteiger partial charge in [0.15, 0.2) is 6.61 Å². The second kappa shape index (κ2) is 3.79. The third kappa shape index (κ3) is 1.50. The molecule has 2 bridgehead atoms. The van der Waals surface area contributed by atoms with Gasteiger partial charge in [-0.25, -0.2) is 9.59 Å². The predicted molar refractivity (Wildman–Crippen MR) is 56.8 cm³/mol. The minimum Gasteiger partial charge on any atom is -0.455 e. The first-order chi connectivity index (χ1) is 8.58. The van der Waals surface area contributed by atoms with Gasteiger partial charge in [-0.15, -0.1) is 0 Å². The monoisotopic (exact) mass is 250 g/mol. The van der Waals surface area contributed by atoms with Crippen molar-refractivity contribution in [2.24, 2.45) is 0 Å². The Labute approximate surface area is 102 Å². The van der Waals surface area contributed by atoms with E-state index in [2.05, 4.69) is 0 Å². The van der Waals surface area contributed by atoms with Gasteiger partial charge in [-0.1, -0.05) is 0 Å². The minimum atomic E-state index is -1.50. The summed E-state index contributed by atoms with van der Waals surface area (Å²) in [6.07, 6.45) is -1.97. The van der Waals surface area contributed by atoms with Crippen LogP contribution >= 0.6 is 0 Å². The first kappa shape index (κ1) is 11.2. The molecule has 1 aliphatic carbocycles. The van der Waals surface area contributed by atoms with Crippen LogP contribution in [-0.2, 0) is 15.9 Å². The second-order valence-corrected chi connectivity index (χ2v) is 4.23. The molecule has 94 valence electrons. The van der Waals surface area contributed by atoms with E-state index in [0.29, 0.717) is 23.1 Å². The SMILES string of the molecule is O=C1OCC(O)OC(=O)c2ccc1c1c2C(O)C1. The molecule has 1 aromatic carbocycles. The molecule has 0 aromatic heterocycles. The molecule has 2 N–H and O–H groups in total. The van der Waals surface area contributed by atoms with E-state index in [1.807, 2.05) is 0 Å². The zero-order valence-electron chi connectivity index (χ0n) is 9.25. The Morgan fingerprint density at radius 1 is 1.11 bits per heavy atom. The summed E-state index contributed by atoms with van der Waals surface area (Å²) in [5, 5.41) is 19.0. The number of carbonyl (C=O) groups excluding carboxylic acids is 2. The van der Waals surface area contributed by atoms with Gasteiger partial charge in [-0.2, -0.15) is 0 Å². The average molecular weight is 250 g/mol. The van der Waals surface area contributed by atoms with Gasteiger partial charge in [-0.05, 0) is 23.3 Å². The first-order valence-electron chi connectivity index (χ1n) is 5.48. The summed E-state index contributed by atoms with van der Waals surface area (Å²) in [5.41, 5.74) is 1.50. The number of rotatable bonds is 0. The van der Waals surface area contributed by atoms with E-state index in [0.717, 1.165) is 0 Å². The molecule has 1 heterocycles. The van der Waals surface area contributed by atoms with Gasteiger partial charge >= 0.3 is 11.9 Å². The lowest BCUT2D eigenvalue weighted by atomic mass is 9.79. The molecule has 1 aromatic rings. The summed E-state index contributed by atoms with van der Waals surface area (Å²) >= 11 is 0. The van der Waals surface area contributed by atoms with Gasteiger partial charge in [0.25, 0.3) is 0 Å². The normalized spacial score (nSPS) is 25.9. The van der Waals surface area contributed by atoms with Gasteiger partial charge < -0.3 is 19.7 Å². The van der Waals surface area contributed by atoms with Gasteiger partial charge in [-0.3, -0.25) is 0 Å². The molecule has 0 saturated carbocycles. The number of hydrogen-bond acceptors (Lipinski definition) is 6. The summed E-state index contributed by atoms with van der Waals surface area (Å²) in [7, 11) is 0. The van der Waals surface area contributed by atoms with Crippen LogP contribution in [0.3, 0.4) is 0 Å². The molecule has 6 heteroatoms. The quantitative estimate of drug-likeness (QED) is 0.626. The fourth-order valence-electron chi connectivity index (χ4n) is 2.24. The zero-order chi connectivity index (χ0) is 12.9. The van der Waals surface area contributed by atoms with E-state index in [1.165, 1.54) is 12.1 Å². The lowest BCUT2D eigenvalue weighted by Crippen LogP contribution is -2.32. The van der Waals surface area contributed by atoms with Gasteiger partial charge in [0.1, 0.15) is 0 Å². The van der Waals surface area contributed by atoms with Crippen molar-refractivity contribution in [1.29, 1.82) is 0 Å². The fourth-order valence-corrected chi connectivity index (χ4v) is 2.24. The van der Waals surface area contributed by atoms with Crippen LogP contribution in [-0.4, -0.2) is 35.0 Å². The zero-order valence-corrected chi connectivity index (χ0v) is 9.25. The lowest BCUT2D eigenvalue weighted by Gasteiger charge is -2.31. The Morgan fingerprint density at radius 3 is 2.56 bits per heavy atom. The summed E-state index contributed by atoms with van der Waals surface area (Å²) < 4.78 is 9.52. The Hall–Kier alpha value is -1.92. The van der Waals surface area contributed by atoms with Crippen LogP contribution in [0.15, 0.2) is 12.1 Å². The molecule has 2 unspecified atom stereocenters. The number of hydrogen-bond donors (Lipinski definition) is 2. The molecular weight excluding hydrogens is 240 g/mol. The molecule has 2 aliphatic rings. The summed E-state index contributed by atoms with van der Waals surface area (Å²) in [4.78, 5) is 23.5. The molecule has 1 aliphatic heterocycles. The highest BCUT2D eigenvalue weighted by atomic mass is 16.7. The highest BCUT2D eigenvalue weighted by molar-refractivity contribution is 5.98. The maximum atomic E-state index is 11.7. The van der Waals surface area contributed by atoms with Crippen molar-refractivity contribution in [1.82, 2.24) is 0 Å². The highest BCUT2D eigenvalue weighted by Crippen LogP contribution is 2.39. The summed E-state index contributed by atoms with van der Waals surface area (Å²) in [5.74, 6) is -1.33. The van der Waals surface area contributed by atoms with Crippen molar-refractivity contribution in [3.63, 3.8) is 0 Å². The van der Waals surface area contributed by atoms with Gasteiger partial charge in [0.2, 0.25) is 6.29 Å². The molecule has 0 amide bonds. The number of benzene rings is 1. The first-order valence-corrected chi connectivity index (χ1v) is 5.48. The van der Waals surface area contributed by atoms with Crippen molar-refractivity contribution in [3.8, 4) is 0 Å². The number of esters is 2. The Kier molecular flexibility index (Phi) is 2.36. The Bertz CT molecular complexity index is 550. The van der Waals surface area contributed by atoms with Crippen molar-refractivity contribution in [3.05, 3.63) is 34.4 Å². The third-order valence-corrected chi connectivity index (χ3v) is 3.13. The van der Waals surface area contributed by atoms with Crippen LogP contribution < -0.4 is 0 Å². The lowest BCUT2D eigenvalue weighted by molar-refractivity contribution is -0.0954. The predicted octanol–water partition coefficient (Wildman–Crippen LogP) is -0.0783. The van der Waals surface area contributed by atoms with E-state index in [1.54, 1.807) is 0 Å². The molecular formula is C12H10O6. The maximum absolute atomic E-state index is 11.7. The molecule has 3 rings (SSSR count). The van der Waals surface area contributed by atoms with E-state index in [4.69, 9.17) is 9.47 Å². The molecule has 0 saturated heterocycles. The van der Waals surface area contributed by atoms with Crippen molar-refractivity contribution in [2.75, 3.05) is 6.61 Å². The van der Waals surface area contributed by atoms with E-state index < -0.39 is 30.9 Å². The van der Waals surface area contributed by atoms with Gasteiger partial charge in [0.05, 0.1) is 17.2 Å². The third-order valence-electron chi connectivity index (χ3n) is 3.13. The molecule has 6 nitrogen and oxygen atoms in total. The maximum Gasteiger partial charge on any atom is 0.340 e. The second-order valence-electron chi connectivity index (χ2n) is 4.23. The highest BCUT2D eigenvalue weighted by Gasteiger charge is 2.36. The minimum absolute atomic E-state index is 0.182. The van der Waals surface area contributed by atoms with Crippen LogP contribution in [0.2, 0.25) is 0 Å². The number of aliphatic hydroxyl groups is 2. The molecule has 0 radical (unpaired) electrons. The molecule has 0 fully saturated rings. The number of cyclic esters (lactones) is 2. The molecule has 18 heavy (non-hydrogen) atoms. The van der Waals surface area contributed by atoms with E-state index in [-0.39, 0.29) is 5.56 Å². The van der Waals surface area contributed by atoms with Crippen LogP contribution in [0.4, 0.5) is 0 Å². The van der Waals surface area contributed by atoms with Crippen LogP contribution in [0.1, 0.15) is 37.9 Å². The fraction of sp³-hybridized carbons (Fsp3) is 0.333. The van der Waals surface area contributed by atoms with Crippen LogP contribution in [0.5, 0.6) is 0 Å². The number of carbonyl (C=O) groups is 2. The summed E-state index contributed by atoms with van der Waals surface area (Å²) in [6.45, 7) is -0.402. The standard InChI is InChI=1S/C12H10O6/c13-8-3-7-5-1-2-6(10(7)8)12(16)18-9(14)4-17-11(5)15/h1-2,8-9,13-14H,3-4H2. The van der Waals surface area contributed by atoms with E-state index in [9.17, 15) is 19.8 Å². The van der Waals surface area contributed by atoms with Crippen molar-refractivity contribution >= 4 is 11.9 Å². The smallest absolute Gasteiger partial charge is 0.340 e. The van der Waals surface area contributed by atoms with Gasteiger partial charge in [0, 0.05) is 6.42 Å². The topological polar surface area (TPSA) is 93.1 Å². The van der Waals surface area contributed by atoms with E-state index >= 15 is 0 Å². The van der Waals surface area contributed by atoms with Crippen LogP contribution in [0, 0.1) is 0 Å². The molecule has 0 spiro atoms. The molecule has 2 atom stereocenters. The number of fused-ring (bicyclic) bond motifs is 6. The van der Waals surface area contributed by atoms with Crippen LogP contribution in [0.25, 0.3) is 0 Å². The Morgan fingerprint density at radius 2 is 1.83 bits per heavy atom. The number of ether oxygens (including phenoxy) is 2. The largest absolute Gasteiger partial charge is 0.455 e. The Balaban J connectivity index is 2.16.